The van der Waals surface area contributed by atoms with Gasteiger partial charge in [-0.15, -0.1) is 8.80 Å². The van der Waals surface area contributed by atoms with Crippen LogP contribution in [-0.4, -0.2) is 45.9 Å². The molecular formula is C24H35N5O4S. The molecule has 0 saturated heterocycles. The zero-order valence-corrected chi connectivity index (χ0v) is 20.8. The van der Waals surface area contributed by atoms with Gasteiger partial charge in [-0.25, -0.2) is 4.21 Å². The number of rotatable bonds is 6. The normalized spacial score (nSPS) is 16.1. The van der Waals surface area contributed by atoms with Crippen LogP contribution in [0.5, 0.6) is 5.75 Å². The molecule has 0 saturated carbocycles. The largest absolute Gasteiger partial charge is 0.505 e. The number of phenolic OH excluding ortho intramolecular Hbond substituents is 1. The van der Waals surface area contributed by atoms with Crippen molar-refractivity contribution in [1.29, 1.82) is 0 Å². The molecule has 2 aromatic rings. The molecule has 0 bridgehead atoms. The van der Waals surface area contributed by atoms with Gasteiger partial charge in [0.1, 0.15) is 5.76 Å². The number of nitrogens with one attached hydrogen (secondary N) is 2. The molecule has 1 amide bonds. The maximum absolute atomic E-state index is 12.5. The molecule has 186 valence electrons. The monoisotopic (exact) mass is 489 g/mol. The highest BCUT2D eigenvalue weighted by atomic mass is 32.2. The van der Waals surface area contributed by atoms with Crippen LogP contribution in [0, 0.1) is 12.8 Å². The van der Waals surface area contributed by atoms with Gasteiger partial charge in [-0.2, -0.15) is 0 Å². The van der Waals surface area contributed by atoms with Crippen LogP contribution in [0.25, 0.3) is 0 Å². The van der Waals surface area contributed by atoms with Crippen LogP contribution in [0.4, 0.5) is 5.69 Å². The highest BCUT2D eigenvalue weighted by Crippen LogP contribution is 2.32. The van der Waals surface area contributed by atoms with Gasteiger partial charge in [-0.3, -0.25) is 4.79 Å². The van der Waals surface area contributed by atoms with Crippen LogP contribution >= 0.6 is 0 Å². The number of benzene rings is 1. The minimum absolute atomic E-state index is 0. The summed E-state index contributed by atoms with van der Waals surface area (Å²) >= 11 is -1.81. The summed E-state index contributed by atoms with van der Waals surface area (Å²) in [5, 5.41) is 17.1. The molecular weight excluding hydrogens is 454 g/mol. The van der Waals surface area contributed by atoms with Crippen LogP contribution in [0.1, 0.15) is 74.3 Å². The van der Waals surface area contributed by atoms with Crippen LogP contribution in [-0.2, 0) is 11.2 Å². The zero-order valence-electron chi connectivity index (χ0n) is 20.0. The molecule has 10 heteroatoms. The number of aryl methyl sites for hydroxylation is 1. The summed E-state index contributed by atoms with van der Waals surface area (Å²) in [6.45, 7) is 10.0. The fourth-order valence-electron chi connectivity index (χ4n) is 3.40. The maximum atomic E-state index is 12.5. The average molecular weight is 490 g/mol. The Hall–Kier alpha value is -3.14. The summed E-state index contributed by atoms with van der Waals surface area (Å²) in [5.74, 6) is 1.16. The predicted molar refractivity (Wildman–Crippen MR) is 138 cm³/mol. The van der Waals surface area contributed by atoms with E-state index in [2.05, 4.69) is 33.3 Å². The van der Waals surface area contributed by atoms with Gasteiger partial charge in [0.2, 0.25) is 0 Å². The lowest BCUT2D eigenvalue weighted by molar-refractivity contribution is 0.0824. The number of anilines is 1. The lowest BCUT2D eigenvalue weighted by atomic mass is 9.99. The van der Waals surface area contributed by atoms with Gasteiger partial charge in [0.25, 0.3) is 17.1 Å². The van der Waals surface area contributed by atoms with E-state index in [-0.39, 0.29) is 54.0 Å². The predicted octanol–water partition coefficient (Wildman–Crippen LogP) is 4.54. The summed E-state index contributed by atoms with van der Waals surface area (Å²) < 4.78 is 26.1. The quantitative estimate of drug-likeness (QED) is 0.513. The maximum Gasteiger partial charge on any atom is 0.269 e. The highest BCUT2D eigenvalue weighted by molar-refractivity contribution is 7.83. The molecule has 1 aromatic heterocycles. The summed E-state index contributed by atoms with van der Waals surface area (Å²) in [7, 11) is 3.23. The Kier molecular flexibility index (Phi) is 8.66. The fraction of sp³-hybridized carbons (Fsp3) is 0.458. The van der Waals surface area contributed by atoms with E-state index in [1.807, 2.05) is 19.9 Å². The fourth-order valence-corrected chi connectivity index (χ4v) is 4.03. The van der Waals surface area contributed by atoms with Crippen LogP contribution < -0.4 is 10.6 Å². The van der Waals surface area contributed by atoms with Crippen molar-refractivity contribution in [2.45, 2.75) is 54.0 Å². The van der Waals surface area contributed by atoms with E-state index < -0.39 is 11.2 Å². The van der Waals surface area contributed by atoms with E-state index in [0.717, 1.165) is 11.3 Å². The first-order valence-corrected chi connectivity index (χ1v) is 11.8. The third-order valence-electron chi connectivity index (χ3n) is 5.39. The van der Waals surface area contributed by atoms with E-state index >= 15 is 0 Å². The molecule has 3 rings (SSSR count). The average Bonchev–Trinajstić information content (AvgIpc) is 3.34. The molecule has 2 heterocycles. The number of aromatic hydroxyl groups is 1. The SMILES string of the molecule is C.Cc1ccc(NC2=NS(=O)N=C2N[C@@H](c2cc(C(C)C)co2)C(C)C)c(O)c1C(=O)N(C)C. The van der Waals surface area contributed by atoms with Crippen molar-refractivity contribution in [1.82, 2.24) is 10.2 Å². The zero-order chi connectivity index (χ0) is 24.4. The van der Waals surface area contributed by atoms with Crippen LogP contribution in [0.2, 0.25) is 0 Å². The van der Waals surface area contributed by atoms with E-state index in [0.29, 0.717) is 11.5 Å². The first-order valence-electron chi connectivity index (χ1n) is 10.8. The molecule has 0 spiro atoms. The molecule has 0 aliphatic carbocycles. The van der Waals surface area contributed by atoms with Crippen molar-refractivity contribution >= 4 is 34.4 Å². The number of furan rings is 1. The topological polar surface area (TPSA) is 120 Å². The molecule has 0 radical (unpaired) electrons. The third kappa shape index (κ3) is 5.67. The minimum Gasteiger partial charge on any atom is -0.505 e. The Bertz CT molecular complexity index is 1130. The lowest BCUT2D eigenvalue weighted by Gasteiger charge is -2.22. The van der Waals surface area contributed by atoms with Gasteiger partial charge in [0, 0.05) is 14.1 Å². The molecule has 9 nitrogen and oxygen atoms in total. The molecule has 1 aliphatic rings. The molecule has 0 fully saturated rings. The second kappa shape index (κ2) is 10.9. The number of carbonyl (C=O) groups excluding carboxylic acids is 1. The Morgan fingerprint density at radius 1 is 1.15 bits per heavy atom. The summed E-state index contributed by atoms with van der Waals surface area (Å²) in [5.41, 5.74) is 2.18. The van der Waals surface area contributed by atoms with Crippen molar-refractivity contribution in [3.63, 3.8) is 0 Å². The third-order valence-corrected chi connectivity index (χ3v) is 6.07. The molecule has 34 heavy (non-hydrogen) atoms. The number of hydrogen-bond donors (Lipinski definition) is 3. The summed E-state index contributed by atoms with van der Waals surface area (Å²) in [6, 6.07) is 5.13. The number of amidine groups is 2. The molecule has 2 atom stereocenters. The minimum atomic E-state index is -1.81. The summed E-state index contributed by atoms with van der Waals surface area (Å²) in [6.07, 6.45) is 1.74. The smallest absolute Gasteiger partial charge is 0.269 e. The van der Waals surface area contributed by atoms with Crippen LogP contribution in [0.3, 0.4) is 0 Å². The Labute approximate surface area is 204 Å². The van der Waals surface area contributed by atoms with Crippen molar-refractivity contribution in [2.24, 2.45) is 14.7 Å². The standard InChI is InChI=1S/C23H31N5O4S.CH4/c1-12(2)15-10-17(32-11-15)19(13(3)4)25-22-21(26-33(31)27-22)24-16-9-8-14(5)18(20(16)29)23(30)28(6)7;/h8-13,19,29H,1-7H3,(H,24,26)(H,25,27);1H4/t19-,33?;/m1./s1. The first kappa shape index (κ1) is 27.1. The molecule has 3 N–H and O–H groups in total. The summed E-state index contributed by atoms with van der Waals surface area (Å²) in [4.78, 5) is 13.9. The van der Waals surface area contributed by atoms with Gasteiger partial charge in [0.15, 0.2) is 17.4 Å². The van der Waals surface area contributed by atoms with E-state index in [1.54, 1.807) is 39.4 Å². The second-order valence-corrected chi connectivity index (χ2v) is 9.72. The van der Waals surface area contributed by atoms with Gasteiger partial charge in [0.05, 0.1) is 23.6 Å². The van der Waals surface area contributed by atoms with Crippen molar-refractivity contribution in [3.8, 4) is 5.75 Å². The van der Waals surface area contributed by atoms with Gasteiger partial charge >= 0.3 is 0 Å². The Morgan fingerprint density at radius 2 is 1.79 bits per heavy atom. The molecule has 1 aromatic carbocycles. The number of nitrogens with zero attached hydrogens (tertiary/aromatic N) is 3. The number of hydrogen-bond acceptors (Lipinski definition) is 6. The van der Waals surface area contributed by atoms with Crippen LogP contribution in [0.15, 0.2) is 37.7 Å². The second-order valence-electron chi connectivity index (χ2n) is 8.89. The molecule has 1 unspecified atom stereocenters. The van der Waals surface area contributed by atoms with E-state index in [1.165, 1.54) is 4.90 Å². The molecule has 1 aliphatic heterocycles. The van der Waals surface area contributed by atoms with Gasteiger partial charge < -0.3 is 25.1 Å². The number of amides is 1. The first-order chi connectivity index (χ1) is 15.5. The number of carbonyl (C=O) groups is 1. The lowest BCUT2D eigenvalue weighted by Crippen LogP contribution is -2.38. The Balaban J connectivity index is 0.00000408. The number of phenols is 1. The van der Waals surface area contributed by atoms with E-state index in [9.17, 15) is 14.1 Å². The van der Waals surface area contributed by atoms with Gasteiger partial charge in [-0.1, -0.05) is 41.2 Å². The van der Waals surface area contributed by atoms with E-state index in [4.69, 9.17) is 4.42 Å². The van der Waals surface area contributed by atoms with Crippen molar-refractivity contribution < 1.29 is 18.5 Å². The van der Waals surface area contributed by atoms with Crippen molar-refractivity contribution in [3.05, 3.63) is 46.9 Å². The van der Waals surface area contributed by atoms with Crippen molar-refractivity contribution in [2.75, 3.05) is 19.4 Å². The Morgan fingerprint density at radius 3 is 2.35 bits per heavy atom. The van der Waals surface area contributed by atoms with Gasteiger partial charge in [-0.05, 0) is 42.0 Å². The highest BCUT2D eigenvalue weighted by Gasteiger charge is 2.28.